The Hall–Kier alpha value is -3.59. The van der Waals surface area contributed by atoms with Crippen LogP contribution in [0.1, 0.15) is 12.5 Å². The molecule has 1 N–H and O–H groups in total. The number of nitrogens with one attached hydrogen (secondary N) is 1. The van der Waals surface area contributed by atoms with Crippen molar-refractivity contribution < 1.29 is 27.1 Å². The standard InChI is InChI=1S/C22H15ClF3N3O3/c1-12(31-18-4-2-3-15(19(18)23)22(24,25)26)20(30)28-14-5-6-17-16(11-14)29-21(32-17)13-7-9-27-10-8-13/h2-12H,1H3,(H,28,30)/t12-/m1/s1. The van der Waals surface area contributed by atoms with E-state index in [1.807, 2.05) is 0 Å². The normalized spacial score (nSPS) is 12.5. The minimum Gasteiger partial charge on any atom is -0.479 e. The zero-order valence-electron chi connectivity index (χ0n) is 16.5. The highest BCUT2D eigenvalue weighted by molar-refractivity contribution is 6.32. The van der Waals surface area contributed by atoms with Crippen LogP contribution in [0.4, 0.5) is 18.9 Å². The summed E-state index contributed by atoms with van der Waals surface area (Å²) in [7, 11) is 0. The van der Waals surface area contributed by atoms with Gasteiger partial charge in [-0.25, -0.2) is 4.98 Å². The van der Waals surface area contributed by atoms with Gasteiger partial charge in [0, 0.05) is 23.6 Å². The summed E-state index contributed by atoms with van der Waals surface area (Å²) in [6, 6.07) is 11.7. The van der Waals surface area contributed by atoms with Crippen LogP contribution in [0.3, 0.4) is 0 Å². The molecule has 1 amide bonds. The number of benzene rings is 2. The quantitative estimate of drug-likeness (QED) is 0.396. The van der Waals surface area contributed by atoms with Crippen LogP contribution in [0.25, 0.3) is 22.6 Å². The molecule has 0 aliphatic heterocycles. The molecule has 2 heterocycles. The maximum absolute atomic E-state index is 13.0. The van der Waals surface area contributed by atoms with Crippen molar-refractivity contribution in [3.05, 3.63) is 71.5 Å². The van der Waals surface area contributed by atoms with Crippen LogP contribution in [0, 0.1) is 0 Å². The fourth-order valence-electron chi connectivity index (χ4n) is 2.93. The number of fused-ring (bicyclic) bond motifs is 1. The molecule has 0 aliphatic carbocycles. The van der Waals surface area contributed by atoms with Crippen molar-refractivity contribution in [1.29, 1.82) is 0 Å². The molecule has 2 aromatic heterocycles. The van der Waals surface area contributed by atoms with E-state index in [1.54, 1.807) is 42.7 Å². The van der Waals surface area contributed by atoms with E-state index in [2.05, 4.69) is 15.3 Å². The van der Waals surface area contributed by atoms with Crippen molar-refractivity contribution in [2.24, 2.45) is 0 Å². The van der Waals surface area contributed by atoms with E-state index in [4.69, 9.17) is 20.8 Å². The molecule has 0 spiro atoms. The number of aromatic nitrogens is 2. The Labute approximate surface area is 185 Å². The van der Waals surface area contributed by atoms with Crippen LogP contribution in [0.5, 0.6) is 5.75 Å². The van der Waals surface area contributed by atoms with Crippen LogP contribution in [0.15, 0.2) is 65.3 Å². The summed E-state index contributed by atoms with van der Waals surface area (Å²) in [5, 5.41) is 2.04. The van der Waals surface area contributed by atoms with Gasteiger partial charge in [-0.1, -0.05) is 17.7 Å². The van der Waals surface area contributed by atoms with Gasteiger partial charge in [-0.2, -0.15) is 13.2 Å². The number of ether oxygens (including phenoxy) is 1. The van der Waals surface area contributed by atoms with Crippen molar-refractivity contribution in [2.75, 3.05) is 5.32 Å². The Morgan fingerprint density at radius 1 is 1.16 bits per heavy atom. The Bertz CT molecular complexity index is 1280. The lowest BCUT2D eigenvalue weighted by Crippen LogP contribution is -2.30. The molecule has 0 radical (unpaired) electrons. The fourth-order valence-corrected chi connectivity index (χ4v) is 3.21. The number of hydrogen-bond acceptors (Lipinski definition) is 5. The monoisotopic (exact) mass is 461 g/mol. The Morgan fingerprint density at radius 3 is 2.62 bits per heavy atom. The second-order valence-corrected chi connectivity index (χ2v) is 7.18. The molecule has 164 valence electrons. The van der Waals surface area contributed by atoms with Gasteiger partial charge in [0.15, 0.2) is 11.7 Å². The lowest BCUT2D eigenvalue weighted by molar-refractivity contribution is -0.137. The minimum absolute atomic E-state index is 0.238. The van der Waals surface area contributed by atoms with E-state index in [0.29, 0.717) is 22.7 Å². The molecule has 2 aromatic carbocycles. The van der Waals surface area contributed by atoms with Gasteiger partial charge in [-0.05, 0) is 49.4 Å². The van der Waals surface area contributed by atoms with E-state index in [0.717, 1.165) is 17.7 Å². The van der Waals surface area contributed by atoms with E-state index in [-0.39, 0.29) is 5.75 Å². The SMILES string of the molecule is C[C@@H](Oc1cccc(C(F)(F)F)c1Cl)C(=O)Nc1ccc2oc(-c3ccncc3)nc2c1. The van der Waals surface area contributed by atoms with Gasteiger partial charge in [-0.15, -0.1) is 0 Å². The molecule has 0 aliphatic rings. The lowest BCUT2D eigenvalue weighted by atomic mass is 10.2. The summed E-state index contributed by atoms with van der Waals surface area (Å²) in [5.74, 6) is -0.407. The van der Waals surface area contributed by atoms with Crippen molar-refractivity contribution >= 4 is 34.3 Å². The van der Waals surface area contributed by atoms with Crippen molar-refractivity contribution in [3.8, 4) is 17.2 Å². The average molecular weight is 462 g/mol. The highest BCUT2D eigenvalue weighted by Crippen LogP contribution is 2.39. The number of carbonyl (C=O) groups is 1. The second kappa shape index (κ2) is 8.51. The van der Waals surface area contributed by atoms with Crippen LogP contribution < -0.4 is 10.1 Å². The Kier molecular flexibility index (Phi) is 5.75. The highest BCUT2D eigenvalue weighted by atomic mass is 35.5. The number of oxazole rings is 1. The first-order valence-electron chi connectivity index (χ1n) is 9.36. The average Bonchev–Trinajstić information content (AvgIpc) is 3.18. The summed E-state index contributed by atoms with van der Waals surface area (Å²) in [6.07, 6.45) is -2.51. The Morgan fingerprint density at radius 2 is 1.91 bits per heavy atom. The summed E-state index contributed by atoms with van der Waals surface area (Å²) >= 11 is 5.82. The van der Waals surface area contributed by atoms with E-state index in [9.17, 15) is 18.0 Å². The number of rotatable bonds is 5. The number of pyridine rings is 1. The molecule has 10 heteroatoms. The Balaban J connectivity index is 1.49. The topological polar surface area (TPSA) is 77.2 Å². The molecule has 0 saturated carbocycles. The molecule has 0 bridgehead atoms. The highest BCUT2D eigenvalue weighted by Gasteiger charge is 2.34. The number of amides is 1. The predicted octanol–water partition coefficient (Wildman–Crippen LogP) is 5.97. The summed E-state index contributed by atoms with van der Waals surface area (Å²) in [6.45, 7) is 1.40. The van der Waals surface area contributed by atoms with Crippen LogP contribution in [-0.4, -0.2) is 22.0 Å². The molecule has 0 fully saturated rings. The number of nitrogens with zero attached hydrogens (tertiary/aromatic N) is 2. The van der Waals surface area contributed by atoms with Gasteiger partial charge in [0.05, 0.1) is 10.6 Å². The first kappa shape index (κ1) is 21.6. The molecule has 32 heavy (non-hydrogen) atoms. The number of alkyl halides is 3. The molecular weight excluding hydrogens is 447 g/mol. The molecule has 0 saturated heterocycles. The predicted molar refractivity (Wildman–Crippen MR) is 112 cm³/mol. The number of carbonyl (C=O) groups excluding carboxylic acids is 1. The molecule has 6 nitrogen and oxygen atoms in total. The minimum atomic E-state index is -4.63. The number of hydrogen-bond donors (Lipinski definition) is 1. The van der Waals surface area contributed by atoms with Crippen molar-refractivity contribution in [2.45, 2.75) is 19.2 Å². The van der Waals surface area contributed by atoms with Gasteiger partial charge in [0.2, 0.25) is 5.89 Å². The third kappa shape index (κ3) is 4.52. The maximum Gasteiger partial charge on any atom is 0.417 e. The van der Waals surface area contributed by atoms with Gasteiger partial charge in [-0.3, -0.25) is 9.78 Å². The van der Waals surface area contributed by atoms with Crippen molar-refractivity contribution in [3.63, 3.8) is 0 Å². The maximum atomic E-state index is 13.0. The van der Waals surface area contributed by atoms with Gasteiger partial charge in [0.25, 0.3) is 5.91 Å². The van der Waals surface area contributed by atoms with E-state index < -0.39 is 28.8 Å². The summed E-state index contributed by atoms with van der Waals surface area (Å²) in [5.41, 5.74) is 1.18. The molecule has 0 unspecified atom stereocenters. The fraction of sp³-hybridized carbons (Fsp3) is 0.136. The molecule has 4 rings (SSSR count). The number of anilines is 1. The van der Waals surface area contributed by atoms with Crippen LogP contribution in [-0.2, 0) is 11.0 Å². The largest absolute Gasteiger partial charge is 0.479 e. The first-order chi connectivity index (χ1) is 15.2. The zero-order valence-corrected chi connectivity index (χ0v) is 17.2. The lowest BCUT2D eigenvalue weighted by Gasteiger charge is -2.17. The number of halogens is 4. The zero-order chi connectivity index (χ0) is 22.9. The van der Waals surface area contributed by atoms with Gasteiger partial charge < -0.3 is 14.5 Å². The van der Waals surface area contributed by atoms with E-state index >= 15 is 0 Å². The second-order valence-electron chi connectivity index (χ2n) is 6.80. The van der Waals surface area contributed by atoms with Gasteiger partial charge in [0.1, 0.15) is 11.3 Å². The van der Waals surface area contributed by atoms with Crippen molar-refractivity contribution in [1.82, 2.24) is 9.97 Å². The van der Waals surface area contributed by atoms with Crippen LogP contribution >= 0.6 is 11.6 Å². The summed E-state index contributed by atoms with van der Waals surface area (Å²) < 4.78 is 50.1. The third-order valence-corrected chi connectivity index (χ3v) is 4.91. The van der Waals surface area contributed by atoms with E-state index in [1.165, 1.54) is 13.0 Å². The first-order valence-corrected chi connectivity index (χ1v) is 9.74. The summed E-state index contributed by atoms with van der Waals surface area (Å²) in [4.78, 5) is 20.9. The van der Waals surface area contributed by atoms with Crippen LogP contribution in [0.2, 0.25) is 5.02 Å². The molecule has 4 aromatic rings. The smallest absolute Gasteiger partial charge is 0.417 e. The molecule has 1 atom stereocenters. The third-order valence-electron chi connectivity index (χ3n) is 4.52. The molecular formula is C22H15ClF3N3O3. The van der Waals surface area contributed by atoms with Gasteiger partial charge >= 0.3 is 6.18 Å².